The Morgan fingerprint density at radius 3 is 2.86 bits per heavy atom. The third-order valence-electron chi connectivity index (χ3n) is 2.17. The van der Waals surface area contributed by atoms with Gasteiger partial charge in [-0.3, -0.25) is 0 Å². The second-order valence-electron chi connectivity index (χ2n) is 3.18. The van der Waals surface area contributed by atoms with Crippen LogP contribution in [0.4, 0.5) is 0 Å². The maximum absolute atomic E-state index is 4.29. The summed E-state index contributed by atoms with van der Waals surface area (Å²) < 4.78 is 1.15. The van der Waals surface area contributed by atoms with Crippen LogP contribution >= 0.6 is 22.6 Å². The van der Waals surface area contributed by atoms with Crippen LogP contribution in [0.2, 0.25) is 0 Å². The van der Waals surface area contributed by atoms with E-state index in [1.165, 1.54) is 0 Å². The summed E-state index contributed by atoms with van der Waals surface area (Å²) in [6, 6.07) is 0.531. The lowest BCUT2D eigenvalue weighted by atomic mass is 10.1. The molecule has 14 heavy (non-hydrogen) atoms. The molecule has 0 spiro atoms. The SMILES string of the molecule is CCNC(CC)Cc1ncncc1I. The van der Waals surface area contributed by atoms with Gasteiger partial charge >= 0.3 is 0 Å². The lowest BCUT2D eigenvalue weighted by Gasteiger charge is -2.15. The number of hydrogen-bond acceptors (Lipinski definition) is 3. The maximum Gasteiger partial charge on any atom is 0.115 e. The smallest absolute Gasteiger partial charge is 0.115 e. The third-order valence-corrected chi connectivity index (χ3v) is 3.07. The topological polar surface area (TPSA) is 37.8 Å². The summed E-state index contributed by atoms with van der Waals surface area (Å²) in [5.74, 6) is 0. The highest BCUT2D eigenvalue weighted by Gasteiger charge is 2.08. The van der Waals surface area contributed by atoms with Crippen molar-refractivity contribution in [1.29, 1.82) is 0 Å². The van der Waals surface area contributed by atoms with Crippen LogP contribution in [0.15, 0.2) is 12.5 Å². The second-order valence-corrected chi connectivity index (χ2v) is 4.35. The molecule has 0 aliphatic rings. The maximum atomic E-state index is 4.29. The summed E-state index contributed by atoms with van der Waals surface area (Å²) in [5.41, 5.74) is 1.15. The minimum Gasteiger partial charge on any atom is -0.314 e. The summed E-state index contributed by atoms with van der Waals surface area (Å²) in [5, 5.41) is 3.44. The van der Waals surface area contributed by atoms with Crippen molar-refractivity contribution in [1.82, 2.24) is 15.3 Å². The molecule has 0 saturated heterocycles. The van der Waals surface area contributed by atoms with Crippen molar-refractivity contribution in [3.63, 3.8) is 0 Å². The van der Waals surface area contributed by atoms with Crippen molar-refractivity contribution in [2.24, 2.45) is 0 Å². The predicted molar refractivity (Wildman–Crippen MR) is 66.2 cm³/mol. The van der Waals surface area contributed by atoms with Crippen LogP contribution in [0.1, 0.15) is 26.0 Å². The normalized spacial score (nSPS) is 12.8. The summed E-state index contributed by atoms with van der Waals surface area (Å²) in [7, 11) is 0. The van der Waals surface area contributed by atoms with Gasteiger partial charge in [-0.1, -0.05) is 13.8 Å². The van der Waals surface area contributed by atoms with Gasteiger partial charge in [-0.2, -0.15) is 0 Å². The van der Waals surface area contributed by atoms with Crippen molar-refractivity contribution >= 4 is 22.6 Å². The Morgan fingerprint density at radius 1 is 1.50 bits per heavy atom. The van der Waals surface area contributed by atoms with Gasteiger partial charge in [0, 0.05) is 18.7 Å². The molecule has 1 aromatic rings. The fraction of sp³-hybridized carbons (Fsp3) is 0.600. The molecule has 78 valence electrons. The highest BCUT2D eigenvalue weighted by molar-refractivity contribution is 14.1. The Morgan fingerprint density at radius 2 is 2.29 bits per heavy atom. The molecule has 0 radical (unpaired) electrons. The molecule has 1 heterocycles. The van der Waals surface area contributed by atoms with Gasteiger partial charge in [0.05, 0.1) is 9.26 Å². The zero-order chi connectivity index (χ0) is 10.4. The van der Waals surface area contributed by atoms with E-state index in [0.717, 1.165) is 28.7 Å². The highest BCUT2D eigenvalue weighted by atomic mass is 127. The zero-order valence-corrected chi connectivity index (χ0v) is 10.8. The van der Waals surface area contributed by atoms with E-state index < -0.39 is 0 Å². The standard InChI is InChI=1S/C10H16IN3/c1-3-8(13-4-2)5-10-9(11)6-12-7-14-10/h6-8,13H,3-5H2,1-2H3. The van der Waals surface area contributed by atoms with E-state index in [1.54, 1.807) is 6.33 Å². The van der Waals surface area contributed by atoms with Crippen LogP contribution < -0.4 is 5.32 Å². The fourth-order valence-electron chi connectivity index (χ4n) is 1.37. The lowest BCUT2D eigenvalue weighted by Crippen LogP contribution is -2.30. The number of likely N-dealkylation sites (N-methyl/N-ethyl adjacent to an activating group) is 1. The van der Waals surface area contributed by atoms with Gasteiger partial charge in [0.25, 0.3) is 0 Å². The molecule has 0 saturated carbocycles. The van der Waals surface area contributed by atoms with Crippen molar-refractivity contribution in [3.05, 3.63) is 21.8 Å². The molecule has 1 unspecified atom stereocenters. The van der Waals surface area contributed by atoms with Gasteiger partial charge in [0.1, 0.15) is 6.33 Å². The van der Waals surface area contributed by atoms with Crippen molar-refractivity contribution in [3.8, 4) is 0 Å². The first-order valence-electron chi connectivity index (χ1n) is 4.95. The fourth-order valence-corrected chi connectivity index (χ4v) is 1.89. The molecule has 0 aromatic carbocycles. The molecular formula is C10H16IN3. The zero-order valence-electron chi connectivity index (χ0n) is 8.63. The molecule has 0 bridgehead atoms. The van der Waals surface area contributed by atoms with E-state index in [4.69, 9.17) is 0 Å². The molecule has 1 rings (SSSR count). The molecule has 1 atom stereocenters. The van der Waals surface area contributed by atoms with Gasteiger partial charge in [-0.15, -0.1) is 0 Å². The minimum atomic E-state index is 0.531. The second kappa shape index (κ2) is 6.29. The average Bonchev–Trinajstić information content (AvgIpc) is 2.20. The van der Waals surface area contributed by atoms with Gasteiger partial charge in [0.2, 0.25) is 0 Å². The Balaban J connectivity index is 2.62. The van der Waals surface area contributed by atoms with E-state index in [9.17, 15) is 0 Å². The molecule has 0 aliphatic heterocycles. The molecule has 1 aromatic heterocycles. The first-order chi connectivity index (χ1) is 6.77. The summed E-state index contributed by atoms with van der Waals surface area (Å²) >= 11 is 2.29. The molecule has 0 aliphatic carbocycles. The summed E-state index contributed by atoms with van der Waals surface area (Å²) in [4.78, 5) is 8.27. The van der Waals surface area contributed by atoms with Crippen molar-refractivity contribution in [2.75, 3.05) is 6.54 Å². The van der Waals surface area contributed by atoms with E-state index in [-0.39, 0.29) is 0 Å². The molecule has 0 fully saturated rings. The van der Waals surface area contributed by atoms with Crippen LogP contribution in [0.5, 0.6) is 0 Å². The third kappa shape index (κ3) is 3.49. The van der Waals surface area contributed by atoms with E-state index in [2.05, 4.69) is 51.7 Å². The Hall–Kier alpha value is -0.230. The Labute approximate surface area is 98.9 Å². The van der Waals surface area contributed by atoms with Gasteiger partial charge in [0.15, 0.2) is 0 Å². The van der Waals surface area contributed by atoms with E-state index in [0.29, 0.717) is 6.04 Å². The molecule has 0 amide bonds. The summed E-state index contributed by atoms with van der Waals surface area (Å²) in [6.45, 7) is 5.34. The number of nitrogens with zero attached hydrogens (tertiary/aromatic N) is 2. The monoisotopic (exact) mass is 305 g/mol. The van der Waals surface area contributed by atoms with Gasteiger partial charge < -0.3 is 5.32 Å². The van der Waals surface area contributed by atoms with Gasteiger partial charge in [-0.25, -0.2) is 9.97 Å². The molecule has 1 N–H and O–H groups in total. The van der Waals surface area contributed by atoms with Crippen LogP contribution in [0, 0.1) is 3.57 Å². The van der Waals surface area contributed by atoms with Gasteiger partial charge in [-0.05, 0) is 35.6 Å². The number of nitrogens with one attached hydrogen (secondary N) is 1. The molecule has 4 heteroatoms. The number of aromatic nitrogens is 2. The van der Waals surface area contributed by atoms with Crippen LogP contribution in [-0.2, 0) is 6.42 Å². The first kappa shape index (κ1) is 11.8. The number of halogens is 1. The largest absolute Gasteiger partial charge is 0.314 e. The average molecular weight is 305 g/mol. The lowest BCUT2D eigenvalue weighted by molar-refractivity contribution is 0.504. The predicted octanol–water partition coefficient (Wildman–Crippen LogP) is 2.01. The number of hydrogen-bond donors (Lipinski definition) is 1. The number of rotatable bonds is 5. The summed E-state index contributed by atoms with van der Waals surface area (Å²) in [6.07, 6.45) is 5.61. The van der Waals surface area contributed by atoms with Crippen molar-refractivity contribution in [2.45, 2.75) is 32.7 Å². The Bertz CT molecular complexity index is 278. The molecule has 3 nitrogen and oxygen atoms in total. The Kier molecular flexibility index (Phi) is 5.32. The van der Waals surface area contributed by atoms with Crippen LogP contribution in [-0.4, -0.2) is 22.6 Å². The quantitative estimate of drug-likeness (QED) is 0.846. The first-order valence-corrected chi connectivity index (χ1v) is 6.03. The highest BCUT2D eigenvalue weighted by Crippen LogP contribution is 2.10. The van der Waals surface area contributed by atoms with Crippen LogP contribution in [0.25, 0.3) is 0 Å². The molecular weight excluding hydrogens is 289 g/mol. The van der Waals surface area contributed by atoms with Crippen molar-refractivity contribution < 1.29 is 0 Å². The van der Waals surface area contributed by atoms with E-state index in [1.807, 2.05) is 6.20 Å². The minimum absolute atomic E-state index is 0.531. The van der Waals surface area contributed by atoms with Crippen LogP contribution in [0.3, 0.4) is 0 Å². The van der Waals surface area contributed by atoms with E-state index >= 15 is 0 Å².